The number of nitrogens with one attached hydrogen (secondary N) is 2. The molecule has 0 spiro atoms. The van der Waals surface area contributed by atoms with Gasteiger partial charge >= 0.3 is 0 Å². The molecule has 0 atom stereocenters. The molecule has 0 aliphatic heterocycles. The summed E-state index contributed by atoms with van der Waals surface area (Å²) < 4.78 is 24.7. The zero-order valence-corrected chi connectivity index (χ0v) is 11.1. The lowest BCUT2D eigenvalue weighted by molar-refractivity contribution is 0.418. The predicted octanol–water partition coefficient (Wildman–Crippen LogP) is 1.09. The van der Waals surface area contributed by atoms with Crippen LogP contribution in [0.15, 0.2) is 0 Å². The van der Waals surface area contributed by atoms with Crippen LogP contribution in [0, 0.1) is 0 Å². The van der Waals surface area contributed by atoms with Gasteiger partial charge in [0.25, 0.3) is 0 Å². The van der Waals surface area contributed by atoms with Crippen LogP contribution in [0.2, 0.25) is 0 Å². The van der Waals surface area contributed by atoms with Crippen LogP contribution in [0.4, 0.5) is 0 Å². The van der Waals surface area contributed by atoms with Crippen molar-refractivity contribution in [1.82, 2.24) is 10.0 Å². The molecular formula is C10H24N2O2S. The Hall–Kier alpha value is -0.130. The van der Waals surface area contributed by atoms with Crippen molar-refractivity contribution in [3.63, 3.8) is 0 Å². The van der Waals surface area contributed by atoms with Gasteiger partial charge in [0.1, 0.15) is 0 Å². The van der Waals surface area contributed by atoms with E-state index in [2.05, 4.69) is 17.0 Å². The monoisotopic (exact) mass is 236 g/mol. The van der Waals surface area contributed by atoms with Gasteiger partial charge in [-0.15, -0.1) is 0 Å². The smallest absolute Gasteiger partial charge is 0.209 e. The third kappa shape index (κ3) is 10.2. The third-order valence-electron chi connectivity index (χ3n) is 1.99. The molecule has 0 aromatic heterocycles. The number of rotatable bonds is 8. The topological polar surface area (TPSA) is 58.2 Å². The maximum Gasteiger partial charge on any atom is 0.209 e. The van der Waals surface area contributed by atoms with E-state index >= 15 is 0 Å². The Morgan fingerprint density at radius 2 is 1.80 bits per heavy atom. The fourth-order valence-corrected chi connectivity index (χ4v) is 2.51. The Morgan fingerprint density at radius 1 is 1.20 bits per heavy atom. The molecule has 5 heteroatoms. The van der Waals surface area contributed by atoms with E-state index in [1.165, 1.54) is 19.1 Å². The van der Waals surface area contributed by atoms with E-state index in [-0.39, 0.29) is 0 Å². The van der Waals surface area contributed by atoms with Crippen LogP contribution in [-0.2, 0) is 10.0 Å². The van der Waals surface area contributed by atoms with Crippen LogP contribution in [0.25, 0.3) is 0 Å². The van der Waals surface area contributed by atoms with Gasteiger partial charge in [0.2, 0.25) is 10.0 Å². The molecule has 0 amide bonds. The maximum absolute atomic E-state index is 11.0. The van der Waals surface area contributed by atoms with Crippen molar-refractivity contribution in [3.05, 3.63) is 0 Å². The average molecular weight is 236 g/mol. The van der Waals surface area contributed by atoms with E-state index < -0.39 is 15.6 Å². The van der Waals surface area contributed by atoms with Crippen LogP contribution >= 0.6 is 0 Å². The average Bonchev–Trinajstić information content (AvgIpc) is 1.99. The van der Waals surface area contributed by atoms with Gasteiger partial charge in [0.05, 0.1) is 6.26 Å². The summed E-state index contributed by atoms with van der Waals surface area (Å²) in [5.74, 6) is 0. The van der Waals surface area contributed by atoms with E-state index in [4.69, 9.17) is 0 Å². The molecule has 15 heavy (non-hydrogen) atoms. The molecular weight excluding hydrogens is 212 g/mol. The lowest BCUT2D eigenvalue weighted by atomic mass is 10.1. The molecule has 0 rings (SSSR count). The molecule has 0 unspecified atom stereocenters. The van der Waals surface area contributed by atoms with Crippen LogP contribution in [-0.4, -0.2) is 33.3 Å². The fourth-order valence-electron chi connectivity index (χ4n) is 1.44. The summed E-state index contributed by atoms with van der Waals surface area (Å²) >= 11 is 0. The Bertz CT molecular complexity index is 261. The van der Waals surface area contributed by atoms with Crippen LogP contribution in [0.3, 0.4) is 0 Å². The second-order valence-corrected chi connectivity index (χ2v) is 6.39. The quantitative estimate of drug-likeness (QED) is 0.620. The van der Waals surface area contributed by atoms with E-state index in [0.717, 1.165) is 13.0 Å². The number of hydrogen-bond donors (Lipinski definition) is 2. The summed E-state index contributed by atoms with van der Waals surface area (Å²) in [4.78, 5) is 0. The molecule has 0 aliphatic rings. The van der Waals surface area contributed by atoms with E-state index in [1.54, 1.807) is 0 Å². The summed E-state index contributed by atoms with van der Waals surface area (Å²) in [6.07, 6.45) is 4.75. The number of hydrogen-bond acceptors (Lipinski definition) is 3. The van der Waals surface area contributed by atoms with Gasteiger partial charge in [-0.05, 0) is 26.8 Å². The van der Waals surface area contributed by atoms with Crippen LogP contribution in [0.1, 0.15) is 40.0 Å². The van der Waals surface area contributed by atoms with E-state index in [9.17, 15) is 8.42 Å². The van der Waals surface area contributed by atoms with Gasteiger partial charge in [-0.3, -0.25) is 0 Å². The molecule has 0 fully saturated rings. The highest BCUT2D eigenvalue weighted by atomic mass is 32.2. The molecule has 0 saturated carbocycles. The Labute approximate surface area is 93.9 Å². The molecule has 2 N–H and O–H groups in total. The van der Waals surface area contributed by atoms with Crippen LogP contribution < -0.4 is 10.0 Å². The molecule has 0 aromatic carbocycles. The van der Waals surface area contributed by atoms with Gasteiger partial charge in [0, 0.05) is 12.1 Å². The van der Waals surface area contributed by atoms with Crippen LogP contribution in [0.5, 0.6) is 0 Å². The van der Waals surface area contributed by atoms with Gasteiger partial charge in [-0.1, -0.05) is 19.8 Å². The first-order valence-electron chi connectivity index (χ1n) is 5.46. The molecule has 4 nitrogen and oxygen atoms in total. The highest BCUT2D eigenvalue weighted by Gasteiger charge is 2.21. The molecule has 92 valence electrons. The third-order valence-corrected chi connectivity index (χ3v) is 2.91. The molecule has 0 radical (unpaired) electrons. The van der Waals surface area contributed by atoms with E-state index in [1.807, 2.05) is 13.8 Å². The molecule has 0 aromatic rings. The van der Waals surface area contributed by atoms with Gasteiger partial charge < -0.3 is 5.32 Å². The molecule has 0 saturated heterocycles. The number of sulfonamides is 1. The highest BCUT2D eigenvalue weighted by Crippen LogP contribution is 2.02. The minimum atomic E-state index is -3.12. The summed E-state index contributed by atoms with van der Waals surface area (Å²) in [6, 6.07) is 0. The highest BCUT2D eigenvalue weighted by molar-refractivity contribution is 7.88. The largest absolute Gasteiger partial charge is 0.315 e. The summed E-state index contributed by atoms with van der Waals surface area (Å²) in [6.45, 7) is 7.52. The Kier molecular flexibility index (Phi) is 6.40. The summed E-state index contributed by atoms with van der Waals surface area (Å²) in [5.41, 5.74) is -0.417. The zero-order valence-electron chi connectivity index (χ0n) is 10.3. The van der Waals surface area contributed by atoms with Gasteiger partial charge in [-0.2, -0.15) is 0 Å². The van der Waals surface area contributed by atoms with Crippen molar-refractivity contribution in [2.45, 2.75) is 45.6 Å². The molecule has 0 aliphatic carbocycles. The lowest BCUT2D eigenvalue weighted by Gasteiger charge is -2.25. The van der Waals surface area contributed by atoms with Crippen molar-refractivity contribution < 1.29 is 8.42 Å². The second kappa shape index (κ2) is 6.45. The lowest BCUT2D eigenvalue weighted by Crippen LogP contribution is -2.49. The normalized spacial score (nSPS) is 13.1. The van der Waals surface area contributed by atoms with Gasteiger partial charge in [0.15, 0.2) is 0 Å². The van der Waals surface area contributed by atoms with E-state index in [0.29, 0.717) is 6.54 Å². The Balaban J connectivity index is 3.75. The molecule has 0 bridgehead atoms. The maximum atomic E-state index is 11.0. The summed E-state index contributed by atoms with van der Waals surface area (Å²) in [7, 11) is -3.12. The Morgan fingerprint density at radius 3 is 2.27 bits per heavy atom. The van der Waals surface area contributed by atoms with Crippen molar-refractivity contribution >= 4 is 10.0 Å². The first kappa shape index (κ1) is 14.9. The summed E-state index contributed by atoms with van der Waals surface area (Å²) in [5, 5.41) is 3.26. The first-order valence-corrected chi connectivity index (χ1v) is 7.35. The predicted molar refractivity (Wildman–Crippen MR) is 64.5 cm³/mol. The number of unbranched alkanes of at least 4 members (excludes halogenated alkanes) is 2. The van der Waals surface area contributed by atoms with Gasteiger partial charge in [-0.25, -0.2) is 13.1 Å². The van der Waals surface area contributed by atoms with Crippen molar-refractivity contribution in [1.29, 1.82) is 0 Å². The fraction of sp³-hybridized carbons (Fsp3) is 1.00. The second-order valence-electron chi connectivity index (χ2n) is 4.64. The van der Waals surface area contributed by atoms with Crippen molar-refractivity contribution in [3.8, 4) is 0 Å². The minimum absolute atomic E-state index is 0.417. The minimum Gasteiger partial charge on any atom is -0.315 e. The SMILES string of the molecule is CCCCCNCC(C)(C)NS(C)(=O)=O. The molecule has 0 heterocycles. The zero-order chi connectivity index (χ0) is 11.9. The first-order chi connectivity index (χ1) is 6.77. The van der Waals surface area contributed by atoms with Crippen molar-refractivity contribution in [2.24, 2.45) is 0 Å². The standard InChI is InChI=1S/C10H24N2O2S/c1-5-6-7-8-11-9-10(2,3)12-15(4,13)14/h11-12H,5-9H2,1-4H3. The van der Waals surface area contributed by atoms with Crippen molar-refractivity contribution in [2.75, 3.05) is 19.3 Å².